The lowest BCUT2D eigenvalue weighted by atomic mass is 10.2. The zero-order chi connectivity index (χ0) is 19.1. The Kier molecular flexibility index (Phi) is 4.81. The standard InChI is InChI=1S/C17H22F3N5O/c1-4-24-9-13(10(2)22-24)8-21-16(26)11(3)25-14(12-5-6-12)7-15(23-25)17(18,19)20/h7,9,11-12H,4-6,8H2,1-3H3,(H,21,26). The maximum Gasteiger partial charge on any atom is 0.435 e. The van der Waals surface area contributed by atoms with Crippen molar-refractivity contribution >= 4 is 5.91 Å². The van der Waals surface area contributed by atoms with Crippen LogP contribution in [0.5, 0.6) is 0 Å². The second-order valence-electron chi connectivity index (χ2n) is 6.66. The molecule has 0 aliphatic heterocycles. The van der Waals surface area contributed by atoms with Gasteiger partial charge in [-0.05, 0) is 39.7 Å². The molecule has 1 unspecified atom stereocenters. The number of halogens is 3. The highest BCUT2D eigenvalue weighted by Crippen LogP contribution is 2.42. The Morgan fingerprint density at radius 2 is 2.08 bits per heavy atom. The summed E-state index contributed by atoms with van der Waals surface area (Å²) < 4.78 is 42.0. The first-order valence-electron chi connectivity index (χ1n) is 8.68. The first-order chi connectivity index (χ1) is 12.2. The van der Waals surface area contributed by atoms with Gasteiger partial charge in [0.1, 0.15) is 6.04 Å². The Morgan fingerprint density at radius 3 is 2.62 bits per heavy atom. The Labute approximate surface area is 149 Å². The van der Waals surface area contributed by atoms with Crippen molar-refractivity contribution in [1.82, 2.24) is 24.9 Å². The number of rotatable bonds is 6. The van der Waals surface area contributed by atoms with E-state index in [4.69, 9.17) is 0 Å². The van der Waals surface area contributed by atoms with Gasteiger partial charge in [-0.2, -0.15) is 23.4 Å². The lowest BCUT2D eigenvalue weighted by Crippen LogP contribution is -2.32. The number of hydrogen-bond acceptors (Lipinski definition) is 3. The summed E-state index contributed by atoms with van der Waals surface area (Å²) >= 11 is 0. The van der Waals surface area contributed by atoms with Crippen LogP contribution in [0.1, 0.15) is 61.3 Å². The number of aryl methyl sites for hydroxylation is 2. The van der Waals surface area contributed by atoms with Crippen molar-refractivity contribution in [3.63, 3.8) is 0 Å². The van der Waals surface area contributed by atoms with E-state index < -0.39 is 17.9 Å². The molecular weight excluding hydrogens is 347 g/mol. The summed E-state index contributed by atoms with van der Waals surface area (Å²) in [5, 5.41) is 10.8. The zero-order valence-electron chi connectivity index (χ0n) is 15.0. The third-order valence-electron chi connectivity index (χ3n) is 4.62. The molecule has 9 heteroatoms. The highest BCUT2D eigenvalue weighted by molar-refractivity contribution is 5.79. The third kappa shape index (κ3) is 3.76. The second-order valence-corrected chi connectivity index (χ2v) is 6.66. The van der Waals surface area contributed by atoms with Crippen molar-refractivity contribution in [2.75, 3.05) is 0 Å². The summed E-state index contributed by atoms with van der Waals surface area (Å²) in [6, 6.07) is 0.250. The summed E-state index contributed by atoms with van der Waals surface area (Å²) in [5.41, 5.74) is 1.23. The predicted octanol–water partition coefficient (Wildman–Crippen LogP) is 3.18. The Balaban J connectivity index is 1.73. The molecule has 0 bridgehead atoms. The van der Waals surface area contributed by atoms with Crippen LogP contribution in [0.3, 0.4) is 0 Å². The number of carbonyl (C=O) groups excluding carboxylic acids is 1. The van der Waals surface area contributed by atoms with Crippen LogP contribution in [0.4, 0.5) is 13.2 Å². The predicted molar refractivity (Wildman–Crippen MR) is 88.4 cm³/mol. The number of hydrogen-bond donors (Lipinski definition) is 1. The van der Waals surface area contributed by atoms with E-state index in [9.17, 15) is 18.0 Å². The molecule has 0 spiro atoms. The summed E-state index contributed by atoms with van der Waals surface area (Å²) in [5.74, 6) is -0.314. The minimum atomic E-state index is -4.52. The maximum absolute atomic E-state index is 13.0. The van der Waals surface area contributed by atoms with Gasteiger partial charge in [-0.3, -0.25) is 14.2 Å². The topological polar surface area (TPSA) is 64.7 Å². The van der Waals surface area contributed by atoms with E-state index in [1.54, 1.807) is 11.6 Å². The van der Waals surface area contributed by atoms with Gasteiger partial charge in [0.05, 0.1) is 5.69 Å². The molecule has 1 saturated carbocycles. The number of carbonyl (C=O) groups is 1. The van der Waals surface area contributed by atoms with Gasteiger partial charge in [0, 0.05) is 36.5 Å². The Morgan fingerprint density at radius 1 is 1.38 bits per heavy atom. The van der Waals surface area contributed by atoms with Crippen molar-refractivity contribution in [3.8, 4) is 0 Å². The molecule has 1 aliphatic rings. The normalized spacial score (nSPS) is 15.9. The Hall–Kier alpha value is -2.32. The molecule has 0 saturated heterocycles. The van der Waals surface area contributed by atoms with Crippen molar-refractivity contribution in [2.45, 2.75) is 64.8 Å². The smallest absolute Gasteiger partial charge is 0.350 e. The third-order valence-corrected chi connectivity index (χ3v) is 4.62. The van der Waals surface area contributed by atoms with E-state index >= 15 is 0 Å². The molecule has 1 fully saturated rings. The molecule has 2 aromatic heterocycles. The van der Waals surface area contributed by atoms with Gasteiger partial charge < -0.3 is 5.32 Å². The molecule has 1 amide bonds. The highest BCUT2D eigenvalue weighted by Gasteiger charge is 2.39. The quantitative estimate of drug-likeness (QED) is 0.851. The van der Waals surface area contributed by atoms with Crippen LogP contribution in [-0.2, 0) is 24.1 Å². The van der Waals surface area contributed by atoms with E-state index in [0.717, 1.165) is 36.7 Å². The van der Waals surface area contributed by atoms with E-state index in [1.807, 2.05) is 20.0 Å². The van der Waals surface area contributed by atoms with E-state index in [-0.39, 0.29) is 18.4 Å². The fourth-order valence-electron chi connectivity index (χ4n) is 2.88. The molecule has 3 rings (SSSR count). The molecule has 1 aliphatic carbocycles. The summed E-state index contributed by atoms with van der Waals surface area (Å²) in [6.07, 6.45) is -1.01. The first kappa shape index (κ1) is 18.5. The minimum Gasteiger partial charge on any atom is -0.350 e. The fourth-order valence-corrected chi connectivity index (χ4v) is 2.88. The summed E-state index contributed by atoms with van der Waals surface area (Å²) in [7, 11) is 0. The van der Waals surface area contributed by atoms with Crippen molar-refractivity contribution in [1.29, 1.82) is 0 Å². The molecule has 142 valence electrons. The van der Waals surface area contributed by atoms with Crippen LogP contribution in [0.2, 0.25) is 0 Å². The van der Waals surface area contributed by atoms with E-state index in [1.165, 1.54) is 4.68 Å². The van der Waals surface area contributed by atoms with Crippen LogP contribution in [0, 0.1) is 6.92 Å². The number of nitrogens with one attached hydrogen (secondary N) is 1. The number of nitrogens with zero attached hydrogens (tertiary/aromatic N) is 4. The van der Waals surface area contributed by atoms with Crippen molar-refractivity contribution in [3.05, 3.63) is 34.9 Å². The van der Waals surface area contributed by atoms with E-state index in [2.05, 4.69) is 15.5 Å². The molecule has 0 aromatic carbocycles. The van der Waals surface area contributed by atoms with Crippen LogP contribution >= 0.6 is 0 Å². The van der Waals surface area contributed by atoms with Gasteiger partial charge in [-0.25, -0.2) is 0 Å². The molecule has 26 heavy (non-hydrogen) atoms. The van der Waals surface area contributed by atoms with Gasteiger partial charge in [0.25, 0.3) is 0 Å². The van der Waals surface area contributed by atoms with Crippen LogP contribution < -0.4 is 5.32 Å². The average molecular weight is 369 g/mol. The summed E-state index contributed by atoms with van der Waals surface area (Å²) in [4.78, 5) is 12.5. The van der Waals surface area contributed by atoms with Gasteiger partial charge in [-0.1, -0.05) is 0 Å². The van der Waals surface area contributed by atoms with Crippen LogP contribution in [-0.4, -0.2) is 25.5 Å². The van der Waals surface area contributed by atoms with Gasteiger partial charge >= 0.3 is 6.18 Å². The van der Waals surface area contributed by atoms with E-state index in [0.29, 0.717) is 5.69 Å². The number of amides is 1. The fraction of sp³-hybridized carbons (Fsp3) is 0.588. The monoisotopic (exact) mass is 369 g/mol. The molecule has 2 aromatic rings. The molecular formula is C17H22F3N5O. The molecule has 1 atom stereocenters. The van der Waals surface area contributed by atoms with Gasteiger partial charge in [-0.15, -0.1) is 0 Å². The molecule has 2 heterocycles. The molecule has 0 radical (unpaired) electrons. The second kappa shape index (κ2) is 6.77. The van der Waals surface area contributed by atoms with Crippen LogP contribution in [0.15, 0.2) is 12.3 Å². The largest absolute Gasteiger partial charge is 0.435 e. The van der Waals surface area contributed by atoms with Gasteiger partial charge in [0.2, 0.25) is 5.91 Å². The van der Waals surface area contributed by atoms with Gasteiger partial charge in [0.15, 0.2) is 5.69 Å². The van der Waals surface area contributed by atoms with Crippen LogP contribution in [0.25, 0.3) is 0 Å². The lowest BCUT2D eigenvalue weighted by Gasteiger charge is -2.15. The molecule has 6 nitrogen and oxygen atoms in total. The average Bonchev–Trinajstić information content (AvgIpc) is 3.21. The van der Waals surface area contributed by atoms with Crippen molar-refractivity contribution < 1.29 is 18.0 Å². The van der Waals surface area contributed by atoms with Crippen molar-refractivity contribution in [2.24, 2.45) is 0 Å². The summed E-state index contributed by atoms with van der Waals surface area (Å²) in [6.45, 7) is 6.39. The molecule has 1 N–H and O–H groups in total. The number of aromatic nitrogens is 4. The SMILES string of the molecule is CCn1cc(CNC(=O)C(C)n2nc(C(F)(F)F)cc2C2CC2)c(C)n1. The number of alkyl halides is 3. The lowest BCUT2D eigenvalue weighted by molar-refractivity contribution is -0.142. The maximum atomic E-state index is 13.0. The Bertz CT molecular complexity index is 804. The minimum absolute atomic E-state index is 0.0545. The first-order valence-corrected chi connectivity index (χ1v) is 8.68. The zero-order valence-corrected chi connectivity index (χ0v) is 15.0. The highest BCUT2D eigenvalue weighted by atomic mass is 19.4.